The second-order valence-electron chi connectivity index (χ2n) is 9.34. The molecule has 3 atom stereocenters. The highest BCUT2D eigenvalue weighted by Gasteiger charge is 2.39. The van der Waals surface area contributed by atoms with Gasteiger partial charge in [0.15, 0.2) is 0 Å². The van der Waals surface area contributed by atoms with Crippen molar-refractivity contribution in [1.29, 1.82) is 0 Å². The highest BCUT2D eigenvalue weighted by atomic mass is 16.5. The van der Waals surface area contributed by atoms with Crippen LogP contribution in [0.3, 0.4) is 0 Å². The molecule has 4 aliphatic rings. The number of likely N-dealkylation sites (tertiary alicyclic amines) is 2. The zero-order valence-corrected chi connectivity index (χ0v) is 17.6. The smallest absolute Gasteiger partial charge is 0.263 e. The topological polar surface area (TPSA) is 71.8 Å². The Balaban J connectivity index is 1.37. The van der Waals surface area contributed by atoms with Gasteiger partial charge in [0.05, 0.1) is 0 Å². The van der Waals surface area contributed by atoms with Crippen molar-refractivity contribution in [3.63, 3.8) is 0 Å². The number of piperidine rings is 1. The predicted molar refractivity (Wildman–Crippen MR) is 111 cm³/mol. The van der Waals surface area contributed by atoms with Gasteiger partial charge >= 0.3 is 0 Å². The van der Waals surface area contributed by atoms with Crippen molar-refractivity contribution in [3.8, 4) is 0 Å². The van der Waals surface area contributed by atoms with E-state index in [0.717, 1.165) is 63.7 Å². The molecule has 162 valence electrons. The van der Waals surface area contributed by atoms with E-state index >= 15 is 0 Å². The van der Waals surface area contributed by atoms with Crippen molar-refractivity contribution in [2.24, 2.45) is 5.92 Å². The average molecular weight is 414 g/mol. The van der Waals surface area contributed by atoms with E-state index < -0.39 is 0 Å². The summed E-state index contributed by atoms with van der Waals surface area (Å²) in [7, 11) is 0. The number of carbonyl (C=O) groups excluding carboxylic acids is 2. The van der Waals surface area contributed by atoms with Gasteiger partial charge in [0.2, 0.25) is 0 Å². The van der Waals surface area contributed by atoms with Gasteiger partial charge in [-0.25, -0.2) is 0 Å². The number of amides is 2. The molecule has 30 heavy (non-hydrogen) atoms. The van der Waals surface area contributed by atoms with Crippen LogP contribution in [0.4, 0.5) is 0 Å². The molecule has 1 aromatic rings. The number of hydrogen-bond donors (Lipinski definition) is 0. The van der Waals surface area contributed by atoms with E-state index in [1.807, 2.05) is 20.4 Å². The molecule has 5 rings (SSSR count). The van der Waals surface area contributed by atoms with Crippen LogP contribution >= 0.6 is 0 Å². The van der Waals surface area contributed by atoms with Gasteiger partial charge in [-0.15, -0.1) is 0 Å². The van der Waals surface area contributed by atoms with Crippen molar-refractivity contribution in [2.75, 3.05) is 32.8 Å². The van der Waals surface area contributed by atoms with Crippen molar-refractivity contribution in [1.82, 2.24) is 14.4 Å². The molecular weight excluding hydrogens is 382 g/mol. The normalized spacial score (nSPS) is 28.7. The molecule has 0 saturated carbocycles. The molecule has 7 nitrogen and oxygen atoms in total. The van der Waals surface area contributed by atoms with Gasteiger partial charge in [0, 0.05) is 50.9 Å². The molecule has 4 aliphatic heterocycles. The SMILES string of the molecule is O=C(c1ccc2n(c1=O)C[C@H]1C[C@@H]2CN(C(=O)[C@H]2CCCO2)C1)N1CCCCCC1. The lowest BCUT2D eigenvalue weighted by Gasteiger charge is -2.43. The number of fused-ring (bicyclic) bond motifs is 4. The quantitative estimate of drug-likeness (QED) is 0.743. The van der Waals surface area contributed by atoms with Crippen LogP contribution in [0.25, 0.3) is 0 Å². The van der Waals surface area contributed by atoms with Crippen molar-refractivity contribution in [2.45, 2.75) is 63.5 Å². The van der Waals surface area contributed by atoms with Gasteiger partial charge in [-0.3, -0.25) is 14.4 Å². The lowest BCUT2D eigenvalue weighted by molar-refractivity contribution is -0.143. The zero-order chi connectivity index (χ0) is 20.7. The third-order valence-corrected chi connectivity index (χ3v) is 7.24. The maximum Gasteiger partial charge on any atom is 0.263 e. The third-order valence-electron chi connectivity index (χ3n) is 7.24. The second kappa shape index (κ2) is 8.17. The zero-order valence-electron chi connectivity index (χ0n) is 17.6. The van der Waals surface area contributed by atoms with Crippen LogP contribution in [-0.4, -0.2) is 65.1 Å². The Kier molecular flexibility index (Phi) is 5.39. The predicted octanol–water partition coefficient (Wildman–Crippen LogP) is 1.99. The van der Waals surface area contributed by atoms with Crippen molar-refractivity contribution < 1.29 is 14.3 Å². The molecule has 2 bridgehead atoms. The van der Waals surface area contributed by atoms with Crippen LogP contribution in [0.5, 0.6) is 0 Å². The van der Waals surface area contributed by atoms with Crippen LogP contribution in [0.2, 0.25) is 0 Å². The maximum absolute atomic E-state index is 13.3. The molecule has 0 radical (unpaired) electrons. The van der Waals surface area contributed by atoms with E-state index in [2.05, 4.69) is 0 Å². The number of aromatic nitrogens is 1. The Morgan fingerprint density at radius 2 is 1.73 bits per heavy atom. The average Bonchev–Trinajstić information content (AvgIpc) is 3.16. The number of pyridine rings is 1. The molecule has 3 saturated heterocycles. The number of rotatable bonds is 2. The maximum atomic E-state index is 13.3. The van der Waals surface area contributed by atoms with E-state index in [1.54, 1.807) is 6.07 Å². The van der Waals surface area contributed by atoms with Gasteiger partial charge in [-0.1, -0.05) is 12.8 Å². The Morgan fingerprint density at radius 1 is 0.933 bits per heavy atom. The van der Waals surface area contributed by atoms with Gasteiger partial charge in [-0.2, -0.15) is 0 Å². The summed E-state index contributed by atoms with van der Waals surface area (Å²) < 4.78 is 7.42. The lowest BCUT2D eigenvalue weighted by Crippen LogP contribution is -2.52. The Hall–Kier alpha value is -2.15. The van der Waals surface area contributed by atoms with E-state index in [0.29, 0.717) is 31.8 Å². The number of carbonyl (C=O) groups is 2. The van der Waals surface area contributed by atoms with Crippen molar-refractivity contribution in [3.05, 3.63) is 33.7 Å². The summed E-state index contributed by atoms with van der Waals surface area (Å²) in [6.45, 7) is 4.04. The lowest BCUT2D eigenvalue weighted by atomic mass is 9.82. The minimum absolute atomic E-state index is 0.103. The van der Waals surface area contributed by atoms with E-state index in [-0.39, 0.29) is 35.3 Å². The fourth-order valence-corrected chi connectivity index (χ4v) is 5.71. The first-order valence-electron chi connectivity index (χ1n) is 11.5. The van der Waals surface area contributed by atoms with E-state index in [1.165, 1.54) is 0 Å². The minimum atomic E-state index is -0.292. The summed E-state index contributed by atoms with van der Waals surface area (Å²) in [6.07, 6.45) is 6.78. The molecular formula is C23H31N3O4. The van der Waals surface area contributed by atoms with Crippen LogP contribution in [0.1, 0.15) is 66.9 Å². The highest BCUT2D eigenvalue weighted by Crippen LogP contribution is 2.36. The number of hydrogen-bond acceptors (Lipinski definition) is 4. The van der Waals surface area contributed by atoms with Crippen LogP contribution in [0.15, 0.2) is 16.9 Å². The summed E-state index contributed by atoms with van der Waals surface area (Å²) in [5.74, 6) is 0.384. The van der Waals surface area contributed by atoms with E-state index in [4.69, 9.17) is 4.74 Å². The monoisotopic (exact) mass is 413 g/mol. The molecule has 0 spiro atoms. The first-order valence-corrected chi connectivity index (χ1v) is 11.5. The van der Waals surface area contributed by atoms with Crippen molar-refractivity contribution >= 4 is 11.8 Å². The van der Waals surface area contributed by atoms with Gasteiger partial charge in [-0.05, 0) is 50.2 Å². The number of nitrogens with zero attached hydrogens (tertiary/aromatic N) is 3. The Morgan fingerprint density at radius 3 is 2.47 bits per heavy atom. The summed E-state index contributed by atoms with van der Waals surface area (Å²) in [5.41, 5.74) is 1.11. The fraction of sp³-hybridized carbons (Fsp3) is 0.696. The summed E-state index contributed by atoms with van der Waals surface area (Å²) >= 11 is 0. The Labute approximate surface area is 177 Å². The molecule has 2 amide bonds. The third kappa shape index (κ3) is 3.57. The molecule has 0 unspecified atom stereocenters. The Bertz CT molecular complexity index is 881. The molecule has 3 fully saturated rings. The highest BCUT2D eigenvalue weighted by molar-refractivity contribution is 5.94. The molecule has 5 heterocycles. The van der Waals surface area contributed by atoms with Crippen LogP contribution < -0.4 is 5.56 Å². The molecule has 7 heteroatoms. The largest absolute Gasteiger partial charge is 0.368 e. The fourth-order valence-electron chi connectivity index (χ4n) is 5.71. The van der Waals surface area contributed by atoms with Gasteiger partial charge in [0.25, 0.3) is 17.4 Å². The first-order chi connectivity index (χ1) is 14.6. The van der Waals surface area contributed by atoms with Crippen LogP contribution in [0, 0.1) is 5.92 Å². The van der Waals surface area contributed by atoms with E-state index in [9.17, 15) is 14.4 Å². The number of ether oxygens (including phenoxy) is 1. The summed E-state index contributed by atoms with van der Waals surface area (Å²) in [4.78, 5) is 42.9. The summed E-state index contributed by atoms with van der Waals surface area (Å²) in [6, 6.07) is 3.68. The second-order valence-corrected chi connectivity index (χ2v) is 9.34. The standard InChI is InChI=1S/C23H31N3O4/c27-21(24-9-3-1-2-4-10-24)18-7-8-19-17-12-16(14-26(19)22(18)28)13-25(15-17)23(29)20-6-5-11-30-20/h7-8,16-17,20H,1-6,9-15H2/t16-,17+,20+/m0/s1. The van der Waals surface area contributed by atoms with Crippen LogP contribution in [-0.2, 0) is 16.1 Å². The summed E-state index contributed by atoms with van der Waals surface area (Å²) in [5, 5.41) is 0. The minimum Gasteiger partial charge on any atom is -0.368 e. The first kappa shape index (κ1) is 19.8. The molecule has 0 aromatic carbocycles. The molecule has 0 N–H and O–H groups in total. The van der Waals surface area contributed by atoms with Gasteiger partial charge < -0.3 is 19.1 Å². The molecule has 1 aromatic heterocycles. The molecule has 0 aliphatic carbocycles. The van der Waals surface area contributed by atoms with Gasteiger partial charge in [0.1, 0.15) is 11.7 Å².